The van der Waals surface area contributed by atoms with E-state index in [9.17, 15) is 22.4 Å². The highest BCUT2D eigenvalue weighted by atomic mass is 32.2. The van der Waals surface area contributed by atoms with Crippen LogP contribution in [0.25, 0.3) is 0 Å². The maximum absolute atomic E-state index is 14.1. The largest absolute Gasteiger partial charge is 0.352 e. The minimum absolute atomic E-state index is 0.0885. The number of rotatable bonds is 12. The van der Waals surface area contributed by atoms with Crippen LogP contribution in [0.1, 0.15) is 50.2 Å². The SMILES string of the molecule is CCC(C(=O)NC1CCCC1)N(CCc1ccccc1)C(=O)CN(c1ccc(C)cc1)S(=O)(=O)c1ccc(F)cc1. The molecule has 1 unspecified atom stereocenters. The first-order valence-corrected chi connectivity index (χ1v) is 15.6. The molecule has 0 heterocycles. The van der Waals surface area contributed by atoms with E-state index in [0.29, 0.717) is 18.5 Å². The summed E-state index contributed by atoms with van der Waals surface area (Å²) in [5, 5.41) is 3.12. The van der Waals surface area contributed by atoms with Gasteiger partial charge in [0.15, 0.2) is 0 Å². The highest BCUT2D eigenvalue weighted by Gasteiger charge is 2.34. The highest BCUT2D eigenvalue weighted by molar-refractivity contribution is 7.92. The third-order valence-corrected chi connectivity index (χ3v) is 9.36. The summed E-state index contributed by atoms with van der Waals surface area (Å²) in [7, 11) is -4.23. The van der Waals surface area contributed by atoms with E-state index in [1.54, 1.807) is 24.3 Å². The van der Waals surface area contributed by atoms with Gasteiger partial charge in [-0.3, -0.25) is 13.9 Å². The first kappa shape index (κ1) is 30.2. The second kappa shape index (κ2) is 13.8. The van der Waals surface area contributed by atoms with Crippen LogP contribution in [0.5, 0.6) is 0 Å². The van der Waals surface area contributed by atoms with Crippen LogP contribution >= 0.6 is 0 Å². The molecule has 218 valence electrons. The molecule has 0 radical (unpaired) electrons. The van der Waals surface area contributed by atoms with Gasteiger partial charge in [-0.15, -0.1) is 0 Å². The molecule has 1 N–H and O–H groups in total. The summed E-state index contributed by atoms with van der Waals surface area (Å²) in [6.07, 6.45) is 4.84. The summed E-state index contributed by atoms with van der Waals surface area (Å²) >= 11 is 0. The van der Waals surface area contributed by atoms with Crippen molar-refractivity contribution in [1.82, 2.24) is 10.2 Å². The molecule has 1 aliphatic rings. The van der Waals surface area contributed by atoms with Gasteiger partial charge in [-0.05, 0) is 74.6 Å². The summed E-state index contributed by atoms with van der Waals surface area (Å²) in [6, 6.07) is 20.4. The minimum Gasteiger partial charge on any atom is -0.352 e. The lowest BCUT2D eigenvalue weighted by Crippen LogP contribution is -2.54. The number of nitrogens with one attached hydrogen (secondary N) is 1. The summed E-state index contributed by atoms with van der Waals surface area (Å²) in [6.45, 7) is 3.48. The first-order valence-electron chi connectivity index (χ1n) is 14.2. The first-order chi connectivity index (χ1) is 19.7. The Bertz CT molecular complexity index is 1410. The van der Waals surface area contributed by atoms with Gasteiger partial charge in [-0.25, -0.2) is 12.8 Å². The average molecular weight is 580 g/mol. The number of amides is 2. The van der Waals surface area contributed by atoms with Gasteiger partial charge in [0.1, 0.15) is 18.4 Å². The Morgan fingerprint density at radius 2 is 1.59 bits per heavy atom. The summed E-state index contributed by atoms with van der Waals surface area (Å²) in [4.78, 5) is 28.9. The van der Waals surface area contributed by atoms with Crippen LogP contribution in [-0.2, 0) is 26.0 Å². The van der Waals surface area contributed by atoms with Gasteiger partial charge in [0, 0.05) is 12.6 Å². The van der Waals surface area contributed by atoms with Gasteiger partial charge in [0.05, 0.1) is 10.6 Å². The average Bonchev–Trinajstić information content (AvgIpc) is 3.48. The van der Waals surface area contributed by atoms with E-state index in [1.165, 1.54) is 17.0 Å². The molecular weight excluding hydrogens is 541 g/mol. The number of carbonyl (C=O) groups excluding carboxylic acids is 2. The number of sulfonamides is 1. The van der Waals surface area contributed by atoms with Crippen LogP contribution in [0.15, 0.2) is 83.8 Å². The topological polar surface area (TPSA) is 86.8 Å². The van der Waals surface area contributed by atoms with Crippen molar-refractivity contribution < 1.29 is 22.4 Å². The van der Waals surface area contributed by atoms with Crippen molar-refractivity contribution in [2.45, 2.75) is 69.4 Å². The maximum atomic E-state index is 14.1. The van der Waals surface area contributed by atoms with Gasteiger partial charge in [0.2, 0.25) is 11.8 Å². The van der Waals surface area contributed by atoms with Gasteiger partial charge in [-0.1, -0.05) is 67.8 Å². The van der Waals surface area contributed by atoms with Gasteiger partial charge < -0.3 is 10.2 Å². The van der Waals surface area contributed by atoms with Crippen molar-refractivity contribution in [3.05, 3.63) is 95.8 Å². The van der Waals surface area contributed by atoms with Crippen molar-refractivity contribution in [2.75, 3.05) is 17.4 Å². The third-order valence-electron chi connectivity index (χ3n) is 7.57. The molecule has 1 saturated carbocycles. The fraction of sp³-hybridized carbons (Fsp3) is 0.375. The monoisotopic (exact) mass is 579 g/mol. The van der Waals surface area contributed by atoms with E-state index in [0.717, 1.165) is 53.2 Å². The molecule has 3 aromatic carbocycles. The maximum Gasteiger partial charge on any atom is 0.264 e. The molecule has 1 fully saturated rings. The molecule has 7 nitrogen and oxygen atoms in total. The zero-order chi connectivity index (χ0) is 29.4. The Balaban J connectivity index is 1.66. The van der Waals surface area contributed by atoms with Crippen LogP contribution in [-0.4, -0.2) is 50.3 Å². The van der Waals surface area contributed by atoms with Crippen molar-refractivity contribution >= 4 is 27.5 Å². The molecular formula is C32H38FN3O4S. The zero-order valence-electron chi connectivity index (χ0n) is 23.6. The van der Waals surface area contributed by atoms with Crippen LogP contribution in [0.2, 0.25) is 0 Å². The Morgan fingerprint density at radius 1 is 0.951 bits per heavy atom. The smallest absolute Gasteiger partial charge is 0.264 e. The Hall–Kier alpha value is -3.72. The van der Waals surface area contributed by atoms with Crippen LogP contribution in [0.4, 0.5) is 10.1 Å². The number of anilines is 1. The molecule has 1 aliphatic carbocycles. The van der Waals surface area contributed by atoms with Crippen molar-refractivity contribution in [3.8, 4) is 0 Å². The van der Waals surface area contributed by atoms with E-state index in [2.05, 4.69) is 5.32 Å². The number of benzene rings is 3. The fourth-order valence-electron chi connectivity index (χ4n) is 5.24. The predicted octanol–water partition coefficient (Wildman–Crippen LogP) is 5.24. The summed E-state index contributed by atoms with van der Waals surface area (Å²) in [5.74, 6) is -1.27. The van der Waals surface area contributed by atoms with E-state index >= 15 is 0 Å². The lowest BCUT2D eigenvalue weighted by atomic mass is 10.1. The van der Waals surface area contributed by atoms with E-state index in [1.807, 2.05) is 44.2 Å². The molecule has 2 amide bonds. The highest BCUT2D eigenvalue weighted by Crippen LogP contribution is 2.25. The zero-order valence-corrected chi connectivity index (χ0v) is 24.4. The second-order valence-electron chi connectivity index (χ2n) is 10.5. The van der Waals surface area contributed by atoms with Gasteiger partial charge in [-0.2, -0.15) is 0 Å². The molecule has 41 heavy (non-hydrogen) atoms. The molecule has 3 aromatic rings. The predicted molar refractivity (Wildman–Crippen MR) is 158 cm³/mol. The van der Waals surface area contributed by atoms with Crippen LogP contribution < -0.4 is 9.62 Å². The molecule has 4 rings (SSSR count). The van der Waals surface area contributed by atoms with E-state index < -0.39 is 34.3 Å². The lowest BCUT2D eigenvalue weighted by molar-refractivity contribution is -0.139. The molecule has 0 aromatic heterocycles. The number of aryl methyl sites for hydroxylation is 1. The van der Waals surface area contributed by atoms with Crippen LogP contribution in [0, 0.1) is 12.7 Å². The molecule has 9 heteroatoms. The van der Waals surface area contributed by atoms with Gasteiger partial charge in [0.25, 0.3) is 10.0 Å². The minimum atomic E-state index is -4.23. The standard InChI is InChI=1S/C32H38FN3O4S/c1-3-30(32(38)34-27-11-7-8-12-27)35(22-21-25-9-5-4-6-10-25)31(37)23-36(28-17-13-24(2)14-18-28)41(39,40)29-19-15-26(33)16-20-29/h4-6,9-10,13-20,27,30H,3,7-8,11-12,21-23H2,1-2H3,(H,34,38). The molecule has 0 saturated heterocycles. The van der Waals surface area contributed by atoms with E-state index in [-0.39, 0.29) is 23.4 Å². The summed E-state index contributed by atoms with van der Waals surface area (Å²) in [5.41, 5.74) is 2.24. The molecule has 0 spiro atoms. The number of nitrogens with zero attached hydrogens (tertiary/aromatic N) is 2. The van der Waals surface area contributed by atoms with Gasteiger partial charge >= 0.3 is 0 Å². The van der Waals surface area contributed by atoms with Crippen molar-refractivity contribution in [2.24, 2.45) is 0 Å². The van der Waals surface area contributed by atoms with Crippen molar-refractivity contribution in [1.29, 1.82) is 0 Å². The summed E-state index contributed by atoms with van der Waals surface area (Å²) < 4.78 is 42.3. The second-order valence-corrected chi connectivity index (χ2v) is 12.4. The normalized spacial score (nSPS) is 14.4. The third kappa shape index (κ3) is 7.73. The number of halogens is 1. The number of hydrogen-bond donors (Lipinski definition) is 1. The Morgan fingerprint density at radius 3 is 2.20 bits per heavy atom. The molecule has 1 atom stereocenters. The fourth-order valence-corrected chi connectivity index (χ4v) is 6.65. The van der Waals surface area contributed by atoms with Crippen LogP contribution in [0.3, 0.4) is 0 Å². The van der Waals surface area contributed by atoms with E-state index in [4.69, 9.17) is 0 Å². The Labute approximate surface area is 242 Å². The number of carbonyl (C=O) groups is 2. The lowest BCUT2D eigenvalue weighted by Gasteiger charge is -2.33. The van der Waals surface area contributed by atoms with Crippen molar-refractivity contribution in [3.63, 3.8) is 0 Å². The molecule has 0 aliphatic heterocycles. The number of hydrogen-bond acceptors (Lipinski definition) is 4. The Kier molecular flexibility index (Phi) is 10.2. The quantitative estimate of drug-likeness (QED) is 0.318. The molecule has 0 bridgehead atoms.